The van der Waals surface area contributed by atoms with Crippen LogP contribution in [0, 0.1) is 18.2 Å². The Kier molecular flexibility index (Phi) is 2.88. The van der Waals surface area contributed by atoms with Crippen LogP contribution in [0.2, 0.25) is 0 Å². The number of hydrogen-bond donors (Lipinski definition) is 1. The molecule has 1 fully saturated rings. The Morgan fingerprint density at radius 3 is 2.47 bits per heavy atom. The molecule has 0 bridgehead atoms. The molecule has 1 N–H and O–H groups in total. The third-order valence-electron chi connectivity index (χ3n) is 3.14. The van der Waals surface area contributed by atoms with Crippen LogP contribution in [-0.4, -0.2) is 17.8 Å². The molecule has 4 amide bonds. The minimum atomic E-state index is -1.37. The molecule has 6 heteroatoms. The molecule has 1 saturated heterocycles. The lowest BCUT2D eigenvalue weighted by molar-refractivity contribution is -0.140. The molecule has 0 radical (unpaired) electrons. The van der Waals surface area contributed by atoms with Crippen LogP contribution in [-0.2, 0) is 9.59 Å². The van der Waals surface area contributed by atoms with Gasteiger partial charge in [0.15, 0.2) is 0 Å². The van der Waals surface area contributed by atoms with E-state index in [-0.39, 0.29) is 5.69 Å². The maximum absolute atomic E-state index is 13.3. The molecule has 2 rings (SSSR count). The standard InChI is InChI=1S/C13H13FN2O3/c1-7-4-5-8(14)6-9(7)16-11(18)13(2,3)10(17)15-12(16)19/h4-6H,1-3H3,(H,15,17,19). The van der Waals surface area contributed by atoms with E-state index in [0.29, 0.717) is 5.56 Å². The number of carbonyl (C=O) groups excluding carboxylic acids is 3. The quantitative estimate of drug-likeness (QED) is 0.786. The lowest BCUT2D eigenvalue weighted by Crippen LogP contribution is -2.62. The average molecular weight is 264 g/mol. The van der Waals surface area contributed by atoms with Gasteiger partial charge in [0.05, 0.1) is 5.69 Å². The lowest BCUT2D eigenvalue weighted by Gasteiger charge is -2.35. The number of anilines is 1. The van der Waals surface area contributed by atoms with Crippen molar-refractivity contribution in [3.05, 3.63) is 29.6 Å². The number of carbonyl (C=O) groups is 3. The van der Waals surface area contributed by atoms with Crippen LogP contribution in [0.1, 0.15) is 19.4 Å². The van der Waals surface area contributed by atoms with E-state index in [2.05, 4.69) is 5.32 Å². The Morgan fingerprint density at radius 2 is 1.84 bits per heavy atom. The van der Waals surface area contributed by atoms with E-state index in [1.54, 1.807) is 6.92 Å². The normalized spacial score (nSPS) is 18.5. The fourth-order valence-electron chi connectivity index (χ4n) is 1.82. The topological polar surface area (TPSA) is 66.5 Å². The fourth-order valence-corrected chi connectivity index (χ4v) is 1.82. The maximum Gasteiger partial charge on any atom is 0.335 e. The Balaban J connectivity index is 2.55. The first-order valence-electron chi connectivity index (χ1n) is 5.71. The second-order valence-corrected chi connectivity index (χ2v) is 4.96. The molecule has 0 atom stereocenters. The number of rotatable bonds is 1. The molecule has 1 aromatic rings. The van der Waals surface area contributed by atoms with Crippen molar-refractivity contribution in [2.75, 3.05) is 4.90 Å². The number of benzene rings is 1. The molecule has 0 aromatic heterocycles. The zero-order chi connectivity index (χ0) is 14.4. The summed E-state index contributed by atoms with van der Waals surface area (Å²) in [6.45, 7) is 4.48. The first-order valence-corrected chi connectivity index (χ1v) is 5.71. The van der Waals surface area contributed by atoms with E-state index in [0.717, 1.165) is 11.0 Å². The van der Waals surface area contributed by atoms with Crippen LogP contribution in [0.15, 0.2) is 18.2 Å². The van der Waals surface area contributed by atoms with Gasteiger partial charge >= 0.3 is 6.03 Å². The van der Waals surface area contributed by atoms with Gasteiger partial charge in [-0.25, -0.2) is 14.1 Å². The van der Waals surface area contributed by atoms with Crippen molar-refractivity contribution in [2.24, 2.45) is 5.41 Å². The first-order chi connectivity index (χ1) is 8.75. The number of imide groups is 2. The molecule has 1 aliphatic rings. The van der Waals surface area contributed by atoms with Crippen molar-refractivity contribution in [3.63, 3.8) is 0 Å². The number of nitrogens with one attached hydrogen (secondary N) is 1. The van der Waals surface area contributed by atoms with Crippen LogP contribution in [0.3, 0.4) is 0 Å². The van der Waals surface area contributed by atoms with Crippen LogP contribution < -0.4 is 10.2 Å². The molecule has 5 nitrogen and oxygen atoms in total. The highest BCUT2D eigenvalue weighted by atomic mass is 19.1. The Labute approximate surface area is 109 Å². The number of aryl methyl sites for hydroxylation is 1. The van der Waals surface area contributed by atoms with Crippen molar-refractivity contribution in [2.45, 2.75) is 20.8 Å². The van der Waals surface area contributed by atoms with E-state index in [4.69, 9.17) is 0 Å². The predicted octanol–water partition coefficient (Wildman–Crippen LogP) is 1.74. The summed E-state index contributed by atoms with van der Waals surface area (Å²) in [4.78, 5) is 36.5. The highest BCUT2D eigenvalue weighted by Gasteiger charge is 2.47. The molecule has 1 heterocycles. The van der Waals surface area contributed by atoms with Gasteiger partial charge in [-0.05, 0) is 38.5 Å². The van der Waals surface area contributed by atoms with E-state index in [1.807, 2.05) is 0 Å². The fraction of sp³-hybridized carbons (Fsp3) is 0.308. The van der Waals surface area contributed by atoms with Gasteiger partial charge in [-0.3, -0.25) is 14.9 Å². The molecule has 0 unspecified atom stereocenters. The minimum Gasteiger partial charge on any atom is -0.276 e. The van der Waals surface area contributed by atoms with Gasteiger partial charge in [0.25, 0.3) is 0 Å². The molecule has 19 heavy (non-hydrogen) atoms. The Morgan fingerprint density at radius 1 is 1.21 bits per heavy atom. The molecule has 1 aliphatic heterocycles. The van der Waals surface area contributed by atoms with Gasteiger partial charge < -0.3 is 0 Å². The lowest BCUT2D eigenvalue weighted by atomic mass is 9.88. The summed E-state index contributed by atoms with van der Waals surface area (Å²) in [5.41, 5.74) is -0.662. The number of barbiturate groups is 1. The highest BCUT2D eigenvalue weighted by Crippen LogP contribution is 2.30. The van der Waals surface area contributed by atoms with Crippen molar-refractivity contribution in [1.29, 1.82) is 0 Å². The molecule has 0 aliphatic carbocycles. The number of hydrogen-bond acceptors (Lipinski definition) is 3. The summed E-state index contributed by atoms with van der Waals surface area (Å²) < 4.78 is 13.3. The zero-order valence-electron chi connectivity index (χ0n) is 10.8. The third-order valence-corrected chi connectivity index (χ3v) is 3.14. The molecule has 100 valence electrons. The second kappa shape index (κ2) is 4.15. The van der Waals surface area contributed by atoms with E-state index >= 15 is 0 Å². The van der Waals surface area contributed by atoms with Gasteiger partial charge in [-0.1, -0.05) is 6.07 Å². The highest BCUT2D eigenvalue weighted by molar-refractivity contribution is 6.29. The van der Waals surface area contributed by atoms with E-state index < -0.39 is 29.1 Å². The molecular formula is C13H13FN2O3. The van der Waals surface area contributed by atoms with Gasteiger partial charge in [0.1, 0.15) is 11.2 Å². The van der Waals surface area contributed by atoms with Crippen LogP contribution in [0.5, 0.6) is 0 Å². The van der Waals surface area contributed by atoms with Gasteiger partial charge in [0.2, 0.25) is 11.8 Å². The predicted molar refractivity (Wildman–Crippen MR) is 65.9 cm³/mol. The zero-order valence-corrected chi connectivity index (χ0v) is 10.8. The summed E-state index contributed by atoms with van der Waals surface area (Å²) in [6.07, 6.45) is 0. The molecular weight excluding hydrogens is 251 g/mol. The van der Waals surface area contributed by atoms with E-state index in [1.165, 1.54) is 26.0 Å². The summed E-state index contributed by atoms with van der Waals surface area (Å²) >= 11 is 0. The second-order valence-electron chi connectivity index (χ2n) is 4.96. The monoisotopic (exact) mass is 264 g/mol. The summed E-state index contributed by atoms with van der Waals surface area (Å²) in [6, 6.07) is 2.94. The largest absolute Gasteiger partial charge is 0.335 e. The summed E-state index contributed by atoms with van der Waals surface area (Å²) in [5, 5.41) is 2.10. The van der Waals surface area contributed by atoms with Crippen molar-refractivity contribution >= 4 is 23.5 Å². The van der Waals surface area contributed by atoms with Gasteiger partial charge in [-0.2, -0.15) is 0 Å². The SMILES string of the molecule is Cc1ccc(F)cc1N1C(=O)NC(=O)C(C)(C)C1=O. The van der Waals surface area contributed by atoms with Gasteiger partial charge in [-0.15, -0.1) is 0 Å². The maximum atomic E-state index is 13.3. The molecule has 0 spiro atoms. The summed E-state index contributed by atoms with van der Waals surface area (Å²) in [7, 11) is 0. The third kappa shape index (κ3) is 1.99. The van der Waals surface area contributed by atoms with E-state index in [9.17, 15) is 18.8 Å². The number of amides is 4. The molecule has 1 aromatic carbocycles. The number of nitrogens with zero attached hydrogens (tertiary/aromatic N) is 1. The Hall–Kier alpha value is -2.24. The average Bonchev–Trinajstić information content (AvgIpc) is 2.32. The Bertz CT molecular complexity index is 596. The minimum absolute atomic E-state index is 0.142. The van der Waals surface area contributed by atoms with Crippen LogP contribution in [0.25, 0.3) is 0 Å². The van der Waals surface area contributed by atoms with Crippen LogP contribution in [0.4, 0.5) is 14.9 Å². The summed E-state index contributed by atoms with van der Waals surface area (Å²) in [5.74, 6) is -1.89. The van der Waals surface area contributed by atoms with Crippen LogP contribution >= 0.6 is 0 Å². The van der Waals surface area contributed by atoms with Crippen molar-refractivity contribution in [3.8, 4) is 0 Å². The number of urea groups is 1. The van der Waals surface area contributed by atoms with Gasteiger partial charge in [0, 0.05) is 0 Å². The smallest absolute Gasteiger partial charge is 0.276 e. The molecule has 0 saturated carbocycles. The van der Waals surface area contributed by atoms with Crippen molar-refractivity contribution < 1.29 is 18.8 Å². The van der Waals surface area contributed by atoms with Crippen molar-refractivity contribution in [1.82, 2.24) is 5.32 Å². The number of halogens is 1. The first kappa shape index (κ1) is 13.2.